The number of amides is 1. The zero-order valence-electron chi connectivity index (χ0n) is 36.1. The number of methoxy groups -OCH3 is 4. The van der Waals surface area contributed by atoms with E-state index in [0.29, 0.717) is 0 Å². The van der Waals surface area contributed by atoms with E-state index < -0.39 is 96.4 Å². The van der Waals surface area contributed by atoms with Crippen molar-refractivity contribution in [1.29, 1.82) is 0 Å². The van der Waals surface area contributed by atoms with E-state index >= 15 is 0 Å². The summed E-state index contributed by atoms with van der Waals surface area (Å²) in [5.41, 5.74) is 1.43. The average Bonchev–Trinajstić information content (AvgIpc) is 3.31. The fourth-order valence-corrected chi connectivity index (χ4v) is 7.03. The second-order valence-electron chi connectivity index (χ2n) is 14.5. The number of nitrogens with one attached hydrogen (secondary N) is 1. The third kappa shape index (κ3) is 11.2. The summed E-state index contributed by atoms with van der Waals surface area (Å²) in [5.74, 6) is -10.2. The van der Waals surface area contributed by atoms with Crippen molar-refractivity contribution in [2.45, 2.75) is 18.8 Å². The summed E-state index contributed by atoms with van der Waals surface area (Å²) in [4.78, 5) is 108. The van der Waals surface area contributed by atoms with Gasteiger partial charge in [-0.15, -0.1) is 0 Å². The number of anilines is 2. The lowest BCUT2D eigenvalue weighted by atomic mass is 9.91. The van der Waals surface area contributed by atoms with Crippen LogP contribution in [0.5, 0.6) is 17.2 Å². The number of hydrogen-bond acceptors (Lipinski definition) is 19. The van der Waals surface area contributed by atoms with E-state index in [9.17, 15) is 52.2 Å². The topological polar surface area (TPSA) is 253 Å². The number of fused-ring (bicyclic) bond motifs is 2. The van der Waals surface area contributed by atoms with E-state index in [1.54, 1.807) is 0 Å². The van der Waals surface area contributed by atoms with Crippen LogP contribution in [0.2, 0.25) is 0 Å². The summed E-state index contributed by atoms with van der Waals surface area (Å²) < 4.78 is 67.5. The molecule has 2 N–H and O–H groups in total. The average molecular weight is 934 g/mol. The van der Waals surface area contributed by atoms with E-state index in [-0.39, 0.29) is 87.9 Å². The fourth-order valence-electron chi connectivity index (χ4n) is 7.03. The van der Waals surface area contributed by atoms with Gasteiger partial charge in [0.25, 0.3) is 5.91 Å². The standard InChI is InChI=1S/C45H41F2N3O17/c1-60-39(55)19-49(20-40(56)61-2)29-7-5-24(43-25-15-27(46)32(52)17-35(25)66-36-18-33(53)28(47)16-26(36)43)14-37(29)65-12-11-64-34-9-6-23(44-31(51)8-10-38(54)48-67-45(44)59)13-30(34)50(21-41(57)62-3)22-42(58)63-4/h5-7,9,13-18,44,52H,8,10-12,19-22H2,1-4H3,(H,48,54). The van der Waals surface area contributed by atoms with Crippen LogP contribution in [0.25, 0.3) is 33.4 Å². The first kappa shape index (κ1) is 48.2. The quantitative estimate of drug-likeness (QED) is 0.0446. The lowest BCUT2D eigenvalue weighted by Gasteiger charge is -2.27. The number of esters is 4. The van der Waals surface area contributed by atoms with Gasteiger partial charge in [-0.2, -0.15) is 5.48 Å². The fraction of sp³-hybridized carbons (Fsp3) is 0.289. The molecule has 1 saturated heterocycles. The molecular formula is C45H41F2N3O17. The molecule has 3 aliphatic rings. The van der Waals surface area contributed by atoms with Crippen molar-refractivity contribution in [2.24, 2.45) is 0 Å². The molecule has 6 rings (SSSR count). The summed E-state index contributed by atoms with van der Waals surface area (Å²) in [6, 6.07) is 12.1. The van der Waals surface area contributed by atoms with Gasteiger partial charge >= 0.3 is 29.8 Å². The van der Waals surface area contributed by atoms with Crippen LogP contribution in [0.4, 0.5) is 20.2 Å². The summed E-state index contributed by atoms with van der Waals surface area (Å²) in [5, 5.41) is 10.2. The number of phenols is 1. The molecule has 20 nitrogen and oxygen atoms in total. The number of carbonyl (C=O) groups is 7. The minimum absolute atomic E-state index is 0.00463. The van der Waals surface area contributed by atoms with Gasteiger partial charge in [-0.05, 0) is 47.5 Å². The maximum Gasteiger partial charge on any atom is 0.347 e. The molecule has 1 aliphatic carbocycles. The SMILES string of the molecule is COC(=O)CN(CC(=O)OC)c1ccc(-c2c3cc(F)c(=O)cc-3oc3cc(O)c(F)cc23)cc1OCCOc1ccc(C2C(=O)CCC(=O)NOC2=O)cc1N(CC(=O)OC)CC(=O)OC. The molecule has 1 unspecified atom stereocenters. The van der Waals surface area contributed by atoms with Gasteiger partial charge in [0.2, 0.25) is 5.43 Å². The molecule has 1 fully saturated rings. The molecule has 0 spiro atoms. The Morgan fingerprint density at radius 3 is 1.91 bits per heavy atom. The monoisotopic (exact) mass is 933 g/mol. The highest BCUT2D eigenvalue weighted by molar-refractivity contribution is 6.07. The van der Waals surface area contributed by atoms with Crippen LogP contribution in [-0.2, 0) is 57.3 Å². The van der Waals surface area contributed by atoms with E-state index in [1.807, 2.05) is 5.48 Å². The van der Waals surface area contributed by atoms with Gasteiger partial charge in [0.1, 0.15) is 68.2 Å². The van der Waals surface area contributed by atoms with Gasteiger partial charge in [-0.3, -0.25) is 33.6 Å². The number of halogens is 2. The smallest absolute Gasteiger partial charge is 0.347 e. The molecule has 22 heteroatoms. The normalized spacial score (nSPS) is 13.7. The predicted molar refractivity (Wildman–Crippen MR) is 227 cm³/mol. The first-order valence-electron chi connectivity index (χ1n) is 20.0. The molecule has 2 aliphatic heterocycles. The maximum atomic E-state index is 15.0. The highest BCUT2D eigenvalue weighted by Gasteiger charge is 2.34. The van der Waals surface area contributed by atoms with Crippen molar-refractivity contribution in [3.8, 4) is 39.7 Å². The lowest BCUT2D eigenvalue weighted by molar-refractivity contribution is -0.163. The minimum atomic E-state index is -1.54. The Morgan fingerprint density at radius 2 is 1.30 bits per heavy atom. The first-order chi connectivity index (χ1) is 32.0. The molecule has 2 heterocycles. The molecule has 0 bridgehead atoms. The predicted octanol–water partition coefficient (Wildman–Crippen LogP) is 3.33. The molecule has 0 saturated carbocycles. The van der Waals surface area contributed by atoms with Crippen molar-refractivity contribution >= 4 is 63.9 Å². The number of rotatable bonds is 17. The van der Waals surface area contributed by atoms with Crippen molar-refractivity contribution < 1.29 is 85.1 Å². The lowest BCUT2D eigenvalue weighted by Crippen LogP contribution is -2.37. The van der Waals surface area contributed by atoms with E-state index in [4.69, 9.17) is 37.7 Å². The van der Waals surface area contributed by atoms with Gasteiger partial charge in [-0.1, -0.05) is 12.1 Å². The Kier molecular flexibility index (Phi) is 15.2. The number of hydrogen-bond donors (Lipinski definition) is 2. The van der Waals surface area contributed by atoms with Crippen LogP contribution in [0.3, 0.4) is 0 Å². The van der Waals surface area contributed by atoms with Crippen LogP contribution in [0, 0.1) is 11.6 Å². The second kappa shape index (κ2) is 21.1. The van der Waals surface area contributed by atoms with Crippen molar-refractivity contribution in [2.75, 3.05) is 77.6 Å². The van der Waals surface area contributed by atoms with Crippen LogP contribution in [0.1, 0.15) is 24.3 Å². The van der Waals surface area contributed by atoms with Gasteiger partial charge in [-0.25, -0.2) is 13.6 Å². The second-order valence-corrected chi connectivity index (χ2v) is 14.5. The Bertz CT molecular complexity index is 2740. The van der Waals surface area contributed by atoms with Crippen molar-refractivity contribution in [3.05, 3.63) is 88.1 Å². The first-order valence-corrected chi connectivity index (χ1v) is 20.0. The molecule has 67 heavy (non-hydrogen) atoms. The van der Waals surface area contributed by atoms with Gasteiger partial charge < -0.3 is 52.6 Å². The summed E-state index contributed by atoms with van der Waals surface area (Å²) >= 11 is 0. The minimum Gasteiger partial charge on any atom is -0.505 e. The molecule has 352 valence electrons. The number of hydroxylamine groups is 1. The zero-order valence-corrected chi connectivity index (χ0v) is 36.1. The highest BCUT2D eigenvalue weighted by Crippen LogP contribution is 2.44. The molecular weight excluding hydrogens is 892 g/mol. The van der Waals surface area contributed by atoms with Crippen molar-refractivity contribution in [3.63, 3.8) is 0 Å². The number of benzene rings is 4. The van der Waals surface area contributed by atoms with Crippen LogP contribution >= 0.6 is 0 Å². The highest BCUT2D eigenvalue weighted by atomic mass is 19.1. The third-order valence-electron chi connectivity index (χ3n) is 10.3. The van der Waals surface area contributed by atoms with Crippen LogP contribution in [-0.4, -0.2) is 114 Å². The summed E-state index contributed by atoms with van der Waals surface area (Å²) in [6.07, 6.45) is -0.575. The van der Waals surface area contributed by atoms with Gasteiger partial charge in [0.15, 0.2) is 23.2 Å². The largest absolute Gasteiger partial charge is 0.505 e. The molecule has 3 aromatic carbocycles. The molecule has 1 amide bonds. The van der Waals surface area contributed by atoms with E-state index in [0.717, 1.165) is 52.7 Å². The summed E-state index contributed by atoms with van der Waals surface area (Å²) in [7, 11) is 4.50. The Hall–Kier alpha value is -8.30. The number of nitrogens with zero attached hydrogens (tertiary/aromatic N) is 2. The molecule has 1 atom stereocenters. The third-order valence-corrected chi connectivity index (χ3v) is 10.3. The Labute approximate surface area is 378 Å². The molecule has 0 radical (unpaired) electrons. The molecule has 0 aromatic heterocycles. The van der Waals surface area contributed by atoms with Crippen molar-refractivity contribution in [1.82, 2.24) is 5.48 Å². The van der Waals surface area contributed by atoms with Crippen LogP contribution in [0.15, 0.2) is 69.9 Å². The number of ketones is 1. The van der Waals surface area contributed by atoms with E-state index in [2.05, 4.69) is 0 Å². The number of aromatic hydroxyl groups is 1. The van der Waals surface area contributed by atoms with Gasteiger partial charge in [0.05, 0.1) is 39.8 Å². The molecule has 3 aromatic rings. The van der Waals surface area contributed by atoms with E-state index in [1.165, 1.54) is 46.2 Å². The number of ether oxygens (including phenoxy) is 6. The summed E-state index contributed by atoms with van der Waals surface area (Å²) in [6.45, 7) is -2.76. The number of Topliss-reactive ketones (excluding diaryl/α,β-unsaturated/α-hetero) is 1. The number of phenolic OH excluding ortho intramolecular Hbond substituents is 1. The Balaban J connectivity index is 1.43. The Morgan fingerprint density at radius 1 is 0.701 bits per heavy atom. The number of carbonyl (C=O) groups excluding carboxylic acids is 7. The maximum absolute atomic E-state index is 15.0. The zero-order chi connectivity index (χ0) is 48.5. The van der Waals surface area contributed by atoms with Crippen LogP contribution < -0.4 is 30.2 Å². The van der Waals surface area contributed by atoms with Gasteiger partial charge in [0, 0.05) is 41.5 Å².